The van der Waals surface area contributed by atoms with Gasteiger partial charge in [0.2, 0.25) is 0 Å². The van der Waals surface area contributed by atoms with Crippen molar-refractivity contribution in [2.75, 3.05) is 5.73 Å². The Bertz CT molecular complexity index is 1190. The number of nitrogen functional groups attached to an aromatic ring is 1. The van der Waals surface area contributed by atoms with Gasteiger partial charge in [0.15, 0.2) is 12.4 Å². The van der Waals surface area contributed by atoms with E-state index >= 15 is 0 Å². The number of aromatic nitrogens is 2. The quantitative estimate of drug-likeness (QED) is 0.415. The zero-order chi connectivity index (χ0) is 20.4. The van der Waals surface area contributed by atoms with Gasteiger partial charge in [-0.25, -0.2) is 4.98 Å². The molecule has 4 rings (SSSR count). The zero-order valence-electron chi connectivity index (χ0n) is 15.9. The Morgan fingerprint density at radius 2 is 1.79 bits per heavy atom. The van der Waals surface area contributed by atoms with Crippen molar-refractivity contribution in [3.8, 4) is 11.3 Å². The van der Waals surface area contributed by atoms with Gasteiger partial charge in [0.1, 0.15) is 0 Å². The van der Waals surface area contributed by atoms with Crippen molar-refractivity contribution in [3.05, 3.63) is 95.5 Å². The number of rotatable bonds is 4. The molecule has 1 atom stereocenters. The summed E-state index contributed by atoms with van der Waals surface area (Å²) in [5.41, 5.74) is 9.96. The summed E-state index contributed by atoms with van der Waals surface area (Å²) in [6.45, 7) is 1.82. The smallest absolute Gasteiger partial charge is 0.254 e. The van der Waals surface area contributed by atoms with E-state index in [-0.39, 0.29) is 11.9 Å². The van der Waals surface area contributed by atoms with Crippen molar-refractivity contribution in [3.63, 3.8) is 0 Å². The monoisotopic (exact) mass is 384 g/mol. The number of anilines is 1. The lowest BCUT2D eigenvalue weighted by atomic mass is 10.00. The lowest BCUT2D eigenvalue weighted by molar-refractivity contribution is -0.606. The topological polar surface area (TPSA) is 95.0 Å². The van der Waals surface area contributed by atoms with E-state index in [1.165, 1.54) is 12.4 Å². The molecule has 144 valence electrons. The van der Waals surface area contributed by atoms with Gasteiger partial charge >= 0.3 is 0 Å². The van der Waals surface area contributed by atoms with Gasteiger partial charge in [-0.05, 0) is 19.1 Å². The number of hydrogen-bond acceptors (Lipinski definition) is 4. The Morgan fingerprint density at radius 1 is 1.07 bits per heavy atom. The summed E-state index contributed by atoms with van der Waals surface area (Å²) in [6.07, 6.45) is 2.84. The van der Waals surface area contributed by atoms with Gasteiger partial charge < -0.3 is 16.3 Å². The van der Waals surface area contributed by atoms with Crippen molar-refractivity contribution >= 4 is 22.5 Å². The van der Waals surface area contributed by atoms with Crippen LogP contribution in [0.25, 0.3) is 22.2 Å². The third-order valence-corrected chi connectivity index (χ3v) is 4.85. The molecule has 0 fully saturated rings. The molecule has 2 aromatic carbocycles. The first-order valence-electron chi connectivity index (χ1n) is 9.28. The molecule has 2 heterocycles. The van der Waals surface area contributed by atoms with Crippen molar-refractivity contribution < 1.29 is 9.52 Å². The van der Waals surface area contributed by atoms with Crippen LogP contribution in [-0.4, -0.2) is 10.9 Å². The second-order valence-corrected chi connectivity index (χ2v) is 6.82. The highest BCUT2D eigenvalue weighted by atomic mass is 16.5. The van der Waals surface area contributed by atoms with Gasteiger partial charge in [-0.3, -0.25) is 4.79 Å². The number of nitrogens with two attached hydrogens (primary N) is 1. The van der Waals surface area contributed by atoms with Gasteiger partial charge in [-0.2, -0.15) is 4.73 Å². The number of hydrogen-bond donors (Lipinski definition) is 2. The van der Waals surface area contributed by atoms with E-state index in [0.29, 0.717) is 38.1 Å². The molecule has 0 aliphatic carbocycles. The number of amides is 1. The minimum absolute atomic E-state index is 0.313. The second kappa shape index (κ2) is 7.59. The molecule has 0 aliphatic heterocycles. The maximum absolute atomic E-state index is 13.2. The van der Waals surface area contributed by atoms with E-state index in [0.717, 1.165) is 5.56 Å². The van der Waals surface area contributed by atoms with Gasteiger partial charge in [-0.1, -0.05) is 48.5 Å². The fourth-order valence-corrected chi connectivity index (χ4v) is 3.37. The average molecular weight is 384 g/mol. The Balaban J connectivity index is 1.79. The number of carbonyl (C=O) groups excluding carboxylic acids is 1. The molecular formula is C23H20N4O2. The molecule has 4 aromatic rings. The fourth-order valence-electron chi connectivity index (χ4n) is 3.37. The second-order valence-electron chi connectivity index (χ2n) is 6.82. The molecule has 3 N–H and O–H groups in total. The van der Waals surface area contributed by atoms with E-state index in [4.69, 9.17) is 5.73 Å². The van der Waals surface area contributed by atoms with Crippen molar-refractivity contribution in [2.45, 2.75) is 13.0 Å². The maximum Gasteiger partial charge on any atom is 0.254 e. The molecule has 0 bridgehead atoms. The Hall–Kier alpha value is -3.93. The van der Waals surface area contributed by atoms with Gasteiger partial charge in [-0.15, -0.1) is 0 Å². The summed E-state index contributed by atoms with van der Waals surface area (Å²) in [7, 11) is 0. The summed E-state index contributed by atoms with van der Waals surface area (Å²) in [5.74, 6) is -0.313. The van der Waals surface area contributed by atoms with E-state index in [1.54, 1.807) is 12.1 Å². The fraction of sp³-hybridized carbons (Fsp3) is 0.0870. The van der Waals surface area contributed by atoms with Crippen molar-refractivity contribution in [1.29, 1.82) is 0 Å². The first kappa shape index (κ1) is 18.4. The molecule has 0 saturated heterocycles. The number of para-hydroxylation sites is 1. The maximum atomic E-state index is 13.2. The minimum atomic E-state index is -0.365. The predicted molar refractivity (Wildman–Crippen MR) is 113 cm³/mol. The molecule has 6 nitrogen and oxygen atoms in total. The van der Waals surface area contributed by atoms with Crippen LogP contribution in [-0.2, 0) is 0 Å². The molecule has 0 radical (unpaired) electrons. The van der Waals surface area contributed by atoms with Gasteiger partial charge in [0.05, 0.1) is 28.5 Å². The number of carbonyl (C=O) groups is 1. The van der Waals surface area contributed by atoms with Crippen molar-refractivity contribution in [2.24, 2.45) is 0 Å². The molecule has 29 heavy (non-hydrogen) atoms. The average Bonchev–Trinajstić information content (AvgIpc) is 2.73. The van der Waals surface area contributed by atoms with E-state index < -0.39 is 0 Å². The highest BCUT2D eigenvalue weighted by Crippen LogP contribution is 2.32. The number of nitrogens with one attached hydrogen (secondary N) is 1. The van der Waals surface area contributed by atoms with Crippen LogP contribution >= 0.6 is 0 Å². The highest BCUT2D eigenvalue weighted by molar-refractivity contribution is 6.12. The van der Waals surface area contributed by atoms with Gasteiger partial charge in [0, 0.05) is 22.6 Å². The van der Waals surface area contributed by atoms with E-state index in [1.807, 2.05) is 61.5 Å². The third kappa shape index (κ3) is 3.60. The summed E-state index contributed by atoms with van der Waals surface area (Å²) in [6, 6.07) is 20.0. The SMILES string of the molecule is CC(NC(=O)c1c(N)c(-c2ccccc2)nc2ccccc12)c1ccc[n+]([O-])c1. The molecule has 0 saturated carbocycles. The van der Waals surface area contributed by atoms with Crippen molar-refractivity contribution in [1.82, 2.24) is 10.3 Å². The lowest BCUT2D eigenvalue weighted by Crippen LogP contribution is -2.31. The standard InChI is InChI=1S/C23H20N4O2/c1-15(17-10-7-13-27(29)14-17)25-23(28)20-18-11-5-6-12-19(18)26-22(21(20)24)16-8-3-2-4-9-16/h2-15H,24H2,1H3,(H,25,28). The summed E-state index contributed by atoms with van der Waals surface area (Å²) >= 11 is 0. The Labute approximate surface area is 168 Å². The van der Waals surface area contributed by atoms with Crippen LogP contribution in [0.3, 0.4) is 0 Å². The number of benzene rings is 2. The highest BCUT2D eigenvalue weighted by Gasteiger charge is 2.21. The van der Waals surface area contributed by atoms with E-state index in [9.17, 15) is 10.0 Å². The molecule has 1 unspecified atom stereocenters. The largest absolute Gasteiger partial charge is 0.619 e. The zero-order valence-corrected chi connectivity index (χ0v) is 15.9. The van der Waals surface area contributed by atoms with E-state index in [2.05, 4.69) is 10.3 Å². The minimum Gasteiger partial charge on any atom is -0.619 e. The Kier molecular flexibility index (Phi) is 4.83. The number of fused-ring (bicyclic) bond motifs is 1. The molecule has 2 aromatic heterocycles. The first-order chi connectivity index (χ1) is 14.0. The first-order valence-corrected chi connectivity index (χ1v) is 9.28. The normalized spacial score (nSPS) is 11.9. The van der Waals surface area contributed by atoms with Crippen LogP contribution in [0.4, 0.5) is 5.69 Å². The van der Waals surface area contributed by atoms with Gasteiger partial charge in [0.25, 0.3) is 5.91 Å². The molecule has 0 aliphatic rings. The summed E-state index contributed by atoms with van der Waals surface area (Å²) < 4.78 is 0.710. The van der Waals surface area contributed by atoms with Crippen LogP contribution in [0.5, 0.6) is 0 Å². The number of nitrogens with zero attached hydrogens (tertiary/aromatic N) is 2. The summed E-state index contributed by atoms with van der Waals surface area (Å²) in [4.78, 5) is 17.9. The molecule has 6 heteroatoms. The number of pyridine rings is 2. The van der Waals surface area contributed by atoms with Crippen LogP contribution < -0.4 is 15.8 Å². The van der Waals surface area contributed by atoms with Crippen LogP contribution in [0.1, 0.15) is 28.9 Å². The van der Waals surface area contributed by atoms with Crippen LogP contribution in [0, 0.1) is 5.21 Å². The predicted octanol–water partition coefficient (Wildman–Crippen LogP) is 3.61. The molecule has 1 amide bonds. The Morgan fingerprint density at radius 3 is 2.55 bits per heavy atom. The summed E-state index contributed by atoms with van der Waals surface area (Å²) in [5, 5.41) is 15.2. The van der Waals surface area contributed by atoms with Crippen LogP contribution in [0.2, 0.25) is 0 Å². The van der Waals surface area contributed by atoms with Crippen LogP contribution in [0.15, 0.2) is 79.1 Å². The lowest BCUT2D eigenvalue weighted by Gasteiger charge is -2.17. The third-order valence-electron chi connectivity index (χ3n) is 4.85. The molecule has 0 spiro atoms. The molecular weight excluding hydrogens is 364 g/mol.